The summed E-state index contributed by atoms with van der Waals surface area (Å²) in [5.41, 5.74) is 6.36. The second-order valence-corrected chi connectivity index (χ2v) is 4.13. The molecular formula is C13H19NO3. The summed E-state index contributed by atoms with van der Waals surface area (Å²) in [6, 6.07) is 6.54. The summed E-state index contributed by atoms with van der Waals surface area (Å²) >= 11 is 0. The topological polar surface area (TPSA) is 72.5 Å². The van der Waals surface area contributed by atoms with Crippen molar-refractivity contribution in [1.29, 1.82) is 0 Å². The molecule has 0 aromatic heterocycles. The maximum absolute atomic E-state index is 10.7. The molecule has 0 radical (unpaired) electrons. The van der Waals surface area contributed by atoms with E-state index in [0.29, 0.717) is 6.42 Å². The zero-order valence-electron chi connectivity index (χ0n) is 10.2. The van der Waals surface area contributed by atoms with Gasteiger partial charge in [-0.15, -0.1) is 0 Å². The Bertz CT molecular complexity index is 379. The lowest BCUT2D eigenvalue weighted by atomic mass is 10.1. The Morgan fingerprint density at radius 2 is 2.24 bits per heavy atom. The number of hydrogen-bond acceptors (Lipinski definition) is 3. The second-order valence-electron chi connectivity index (χ2n) is 4.13. The molecule has 0 heterocycles. The van der Waals surface area contributed by atoms with Crippen LogP contribution in [0.25, 0.3) is 0 Å². The number of rotatable bonds is 6. The molecule has 0 aliphatic carbocycles. The van der Waals surface area contributed by atoms with Gasteiger partial charge >= 0.3 is 5.97 Å². The van der Waals surface area contributed by atoms with E-state index in [9.17, 15) is 4.79 Å². The van der Waals surface area contributed by atoms with Gasteiger partial charge in [0.25, 0.3) is 0 Å². The molecule has 0 saturated carbocycles. The van der Waals surface area contributed by atoms with Crippen molar-refractivity contribution in [3.63, 3.8) is 0 Å². The third-order valence-electron chi connectivity index (χ3n) is 2.58. The van der Waals surface area contributed by atoms with E-state index in [1.54, 1.807) is 0 Å². The molecule has 0 saturated heterocycles. The Morgan fingerprint density at radius 1 is 1.53 bits per heavy atom. The maximum Gasteiger partial charge on any atom is 0.320 e. The van der Waals surface area contributed by atoms with E-state index in [0.717, 1.165) is 17.7 Å². The highest BCUT2D eigenvalue weighted by atomic mass is 16.5. The summed E-state index contributed by atoms with van der Waals surface area (Å²) in [5, 5.41) is 8.74. The van der Waals surface area contributed by atoms with Gasteiger partial charge in [0, 0.05) is 0 Å². The zero-order valence-corrected chi connectivity index (χ0v) is 10.2. The maximum atomic E-state index is 10.7. The van der Waals surface area contributed by atoms with E-state index in [4.69, 9.17) is 15.6 Å². The SMILES string of the molecule is CCC(C)Oc1cccc(C[C@H](N)C(=O)O)c1. The third-order valence-corrected chi connectivity index (χ3v) is 2.58. The number of ether oxygens (including phenoxy) is 1. The first kappa shape index (κ1) is 13.5. The summed E-state index contributed by atoms with van der Waals surface area (Å²) in [4.78, 5) is 10.7. The Hall–Kier alpha value is -1.55. The van der Waals surface area contributed by atoms with Crippen molar-refractivity contribution in [3.8, 4) is 5.75 Å². The molecule has 4 nitrogen and oxygen atoms in total. The van der Waals surface area contributed by atoms with Crippen molar-refractivity contribution < 1.29 is 14.6 Å². The molecular weight excluding hydrogens is 218 g/mol. The minimum absolute atomic E-state index is 0.151. The molecule has 2 atom stereocenters. The number of nitrogens with two attached hydrogens (primary N) is 1. The predicted molar refractivity (Wildman–Crippen MR) is 66.1 cm³/mol. The summed E-state index contributed by atoms with van der Waals surface area (Å²) < 4.78 is 5.66. The molecule has 94 valence electrons. The van der Waals surface area contributed by atoms with Crippen LogP contribution in [-0.2, 0) is 11.2 Å². The molecule has 1 unspecified atom stereocenters. The fourth-order valence-electron chi connectivity index (χ4n) is 1.40. The molecule has 0 bridgehead atoms. The van der Waals surface area contributed by atoms with Gasteiger partial charge < -0.3 is 15.6 Å². The summed E-state index contributed by atoms with van der Waals surface area (Å²) in [7, 11) is 0. The average Bonchev–Trinajstić information content (AvgIpc) is 2.29. The Balaban J connectivity index is 2.68. The molecule has 0 aliphatic heterocycles. The van der Waals surface area contributed by atoms with Crippen molar-refractivity contribution in [2.24, 2.45) is 5.73 Å². The fraction of sp³-hybridized carbons (Fsp3) is 0.462. The number of aliphatic carboxylic acids is 1. The molecule has 1 aromatic carbocycles. The van der Waals surface area contributed by atoms with Gasteiger partial charge in [0.15, 0.2) is 0 Å². The summed E-state index contributed by atoms with van der Waals surface area (Å²) in [6.45, 7) is 4.05. The van der Waals surface area contributed by atoms with Crippen molar-refractivity contribution in [1.82, 2.24) is 0 Å². The van der Waals surface area contributed by atoms with Crippen LogP contribution < -0.4 is 10.5 Å². The van der Waals surface area contributed by atoms with Gasteiger partial charge in [0.1, 0.15) is 11.8 Å². The minimum Gasteiger partial charge on any atom is -0.491 e. The highest BCUT2D eigenvalue weighted by molar-refractivity contribution is 5.73. The lowest BCUT2D eigenvalue weighted by Gasteiger charge is -2.14. The van der Waals surface area contributed by atoms with Crippen LogP contribution in [0.3, 0.4) is 0 Å². The first-order valence-electron chi connectivity index (χ1n) is 5.77. The van der Waals surface area contributed by atoms with Crippen molar-refractivity contribution in [2.45, 2.75) is 38.8 Å². The number of carboxylic acid groups (broad SMARTS) is 1. The minimum atomic E-state index is -0.988. The first-order valence-corrected chi connectivity index (χ1v) is 5.77. The van der Waals surface area contributed by atoms with E-state index in [1.807, 2.05) is 31.2 Å². The summed E-state index contributed by atoms with van der Waals surface area (Å²) in [6.07, 6.45) is 1.39. The van der Waals surface area contributed by atoms with Gasteiger partial charge in [-0.1, -0.05) is 19.1 Å². The highest BCUT2D eigenvalue weighted by Crippen LogP contribution is 2.16. The van der Waals surface area contributed by atoms with Crippen molar-refractivity contribution in [3.05, 3.63) is 29.8 Å². The van der Waals surface area contributed by atoms with Crippen LogP contribution in [0.2, 0.25) is 0 Å². The van der Waals surface area contributed by atoms with Gasteiger partial charge in [0.2, 0.25) is 0 Å². The van der Waals surface area contributed by atoms with Crippen molar-refractivity contribution in [2.75, 3.05) is 0 Å². The molecule has 17 heavy (non-hydrogen) atoms. The van der Waals surface area contributed by atoms with Gasteiger partial charge in [-0.2, -0.15) is 0 Å². The molecule has 0 fully saturated rings. The molecule has 1 aromatic rings. The normalized spacial score (nSPS) is 14.1. The van der Waals surface area contributed by atoms with Crippen LogP contribution in [0, 0.1) is 0 Å². The van der Waals surface area contributed by atoms with Crippen LogP contribution in [0.15, 0.2) is 24.3 Å². The van der Waals surface area contributed by atoms with Crippen LogP contribution in [0.1, 0.15) is 25.8 Å². The lowest BCUT2D eigenvalue weighted by Crippen LogP contribution is -2.32. The smallest absolute Gasteiger partial charge is 0.320 e. The van der Waals surface area contributed by atoms with E-state index < -0.39 is 12.0 Å². The predicted octanol–water partition coefficient (Wildman–Crippen LogP) is 1.82. The van der Waals surface area contributed by atoms with E-state index in [1.165, 1.54) is 0 Å². The third kappa shape index (κ3) is 4.44. The van der Waals surface area contributed by atoms with Crippen LogP contribution in [0.4, 0.5) is 0 Å². The van der Waals surface area contributed by atoms with Crippen molar-refractivity contribution >= 4 is 5.97 Å². The monoisotopic (exact) mass is 237 g/mol. The first-order chi connectivity index (χ1) is 8.02. The number of benzene rings is 1. The van der Waals surface area contributed by atoms with E-state index >= 15 is 0 Å². The van der Waals surface area contributed by atoms with Gasteiger partial charge in [-0.05, 0) is 37.5 Å². The average molecular weight is 237 g/mol. The molecule has 0 aliphatic rings. The van der Waals surface area contributed by atoms with Gasteiger partial charge in [0.05, 0.1) is 6.10 Å². The number of hydrogen-bond donors (Lipinski definition) is 2. The Labute approximate surface area is 101 Å². The van der Waals surface area contributed by atoms with E-state index in [2.05, 4.69) is 6.92 Å². The molecule has 3 N–H and O–H groups in total. The lowest BCUT2D eigenvalue weighted by molar-refractivity contribution is -0.138. The quantitative estimate of drug-likeness (QED) is 0.791. The Kier molecular flexibility index (Phi) is 4.97. The number of carboxylic acids is 1. The standard InChI is InChI=1S/C13H19NO3/c1-3-9(2)17-11-6-4-5-10(7-11)8-12(14)13(15)16/h4-7,9,12H,3,8,14H2,1-2H3,(H,15,16)/t9?,12-/m0/s1. The van der Waals surface area contributed by atoms with Gasteiger partial charge in [-0.3, -0.25) is 4.79 Å². The van der Waals surface area contributed by atoms with Gasteiger partial charge in [-0.25, -0.2) is 0 Å². The highest BCUT2D eigenvalue weighted by Gasteiger charge is 2.12. The molecule has 0 spiro atoms. The Morgan fingerprint density at radius 3 is 2.82 bits per heavy atom. The molecule has 1 rings (SSSR count). The number of carbonyl (C=O) groups is 1. The second kappa shape index (κ2) is 6.25. The summed E-state index contributed by atoms with van der Waals surface area (Å²) in [5.74, 6) is -0.229. The fourth-order valence-corrected chi connectivity index (χ4v) is 1.40. The zero-order chi connectivity index (χ0) is 12.8. The van der Waals surface area contributed by atoms with Crippen LogP contribution in [-0.4, -0.2) is 23.2 Å². The molecule has 4 heteroatoms. The largest absolute Gasteiger partial charge is 0.491 e. The van der Waals surface area contributed by atoms with Crippen LogP contribution in [0.5, 0.6) is 5.75 Å². The van der Waals surface area contributed by atoms with Crippen LogP contribution >= 0.6 is 0 Å². The molecule has 0 amide bonds. The van der Waals surface area contributed by atoms with E-state index in [-0.39, 0.29) is 6.10 Å².